The lowest BCUT2D eigenvalue weighted by Crippen LogP contribution is -2.16. The van der Waals surface area contributed by atoms with Crippen LogP contribution in [0.1, 0.15) is 10.4 Å². The molecule has 0 aliphatic heterocycles. The van der Waals surface area contributed by atoms with E-state index < -0.39 is 23.1 Å². The summed E-state index contributed by atoms with van der Waals surface area (Å²) in [6, 6.07) is 7.91. The molecule has 1 N–H and O–H groups in total. The lowest BCUT2D eigenvalue weighted by atomic mass is 10.1. The Morgan fingerprint density at radius 1 is 1.21 bits per heavy atom. The molecule has 1 amide bonds. The minimum atomic E-state index is -0.947. The molecule has 2 aromatic carbocycles. The fourth-order valence-electron chi connectivity index (χ4n) is 2.10. The molecular formula is C15H11F2N5O2. The van der Waals surface area contributed by atoms with Gasteiger partial charge in [0.1, 0.15) is 29.3 Å². The first-order valence-electron chi connectivity index (χ1n) is 6.77. The molecular weight excluding hydrogens is 320 g/mol. The zero-order chi connectivity index (χ0) is 17.1. The number of halogens is 2. The summed E-state index contributed by atoms with van der Waals surface area (Å²) in [6.45, 7) is 0. The molecule has 0 saturated heterocycles. The Morgan fingerprint density at radius 3 is 2.58 bits per heavy atom. The maximum absolute atomic E-state index is 13.7. The van der Waals surface area contributed by atoms with Crippen LogP contribution >= 0.6 is 0 Å². The third kappa shape index (κ3) is 2.91. The average Bonchev–Trinajstić information content (AvgIpc) is 3.09. The summed E-state index contributed by atoms with van der Waals surface area (Å²) in [6.07, 6.45) is 1.39. The van der Waals surface area contributed by atoms with Crippen molar-refractivity contribution in [3.63, 3.8) is 0 Å². The summed E-state index contributed by atoms with van der Waals surface area (Å²) in [5.41, 5.74) is 0.179. The van der Waals surface area contributed by atoms with Gasteiger partial charge in [-0.2, -0.15) is 0 Å². The normalized spacial score (nSPS) is 10.5. The van der Waals surface area contributed by atoms with Crippen LogP contribution in [0.3, 0.4) is 0 Å². The number of tetrazole rings is 1. The number of hydrogen-bond acceptors (Lipinski definition) is 5. The zero-order valence-corrected chi connectivity index (χ0v) is 12.4. The van der Waals surface area contributed by atoms with Crippen LogP contribution in [-0.2, 0) is 0 Å². The van der Waals surface area contributed by atoms with E-state index >= 15 is 0 Å². The highest BCUT2D eigenvalue weighted by atomic mass is 19.1. The van der Waals surface area contributed by atoms with E-state index in [4.69, 9.17) is 4.74 Å². The molecule has 9 heteroatoms. The number of aromatic nitrogens is 4. The SMILES string of the molecule is COc1cc(-n2cnnn2)ccc1NC(=O)c1c(F)cccc1F. The first-order chi connectivity index (χ1) is 11.6. The molecule has 0 aliphatic carbocycles. The van der Waals surface area contributed by atoms with Crippen molar-refractivity contribution in [1.29, 1.82) is 0 Å². The second kappa shape index (κ2) is 6.41. The molecule has 0 atom stereocenters. The monoisotopic (exact) mass is 331 g/mol. The van der Waals surface area contributed by atoms with Gasteiger partial charge in [-0.1, -0.05) is 6.07 Å². The molecule has 3 aromatic rings. The number of methoxy groups -OCH3 is 1. The van der Waals surface area contributed by atoms with Crippen LogP contribution in [0.5, 0.6) is 5.75 Å². The van der Waals surface area contributed by atoms with Crippen molar-refractivity contribution < 1.29 is 18.3 Å². The van der Waals surface area contributed by atoms with Crippen molar-refractivity contribution >= 4 is 11.6 Å². The number of hydrogen-bond donors (Lipinski definition) is 1. The van der Waals surface area contributed by atoms with Gasteiger partial charge in [-0.15, -0.1) is 5.10 Å². The van der Waals surface area contributed by atoms with Gasteiger partial charge in [-0.25, -0.2) is 13.5 Å². The molecule has 24 heavy (non-hydrogen) atoms. The standard InChI is InChI=1S/C15H11F2N5O2/c1-24-13-7-9(22-8-18-20-21-22)5-6-12(13)19-15(23)14-10(16)3-2-4-11(14)17/h2-8H,1H3,(H,19,23). The number of benzene rings is 2. The van der Waals surface area contributed by atoms with E-state index in [0.29, 0.717) is 5.69 Å². The summed E-state index contributed by atoms with van der Waals surface area (Å²) in [5, 5.41) is 13.2. The van der Waals surface area contributed by atoms with Gasteiger partial charge in [0.15, 0.2) is 0 Å². The second-order valence-corrected chi connectivity index (χ2v) is 4.69. The zero-order valence-electron chi connectivity index (χ0n) is 12.4. The van der Waals surface area contributed by atoms with Crippen LogP contribution in [0.2, 0.25) is 0 Å². The number of carbonyl (C=O) groups is 1. The molecule has 0 saturated carbocycles. The van der Waals surface area contributed by atoms with Crippen LogP contribution in [0.15, 0.2) is 42.7 Å². The fourth-order valence-corrected chi connectivity index (χ4v) is 2.10. The predicted octanol–water partition coefficient (Wildman–Crippen LogP) is 2.20. The minimum absolute atomic E-state index is 0.252. The Kier molecular flexibility index (Phi) is 4.15. The Hall–Kier alpha value is -3.36. The quantitative estimate of drug-likeness (QED) is 0.792. The Bertz CT molecular complexity index is 863. The molecule has 0 fully saturated rings. The summed E-state index contributed by atoms with van der Waals surface area (Å²) in [5.74, 6) is -2.53. The maximum atomic E-state index is 13.7. The van der Waals surface area contributed by atoms with Gasteiger partial charge in [-0.3, -0.25) is 4.79 Å². The van der Waals surface area contributed by atoms with E-state index in [1.807, 2.05) is 0 Å². The third-order valence-corrected chi connectivity index (χ3v) is 3.24. The number of rotatable bonds is 4. The van der Waals surface area contributed by atoms with E-state index in [0.717, 1.165) is 12.1 Å². The molecule has 1 aromatic heterocycles. The average molecular weight is 331 g/mol. The molecule has 0 bridgehead atoms. The van der Waals surface area contributed by atoms with E-state index in [1.165, 1.54) is 30.3 Å². The van der Waals surface area contributed by atoms with Gasteiger partial charge < -0.3 is 10.1 Å². The van der Waals surface area contributed by atoms with Crippen LogP contribution in [0.4, 0.5) is 14.5 Å². The number of anilines is 1. The summed E-state index contributed by atoms with van der Waals surface area (Å²) >= 11 is 0. The van der Waals surface area contributed by atoms with E-state index in [-0.39, 0.29) is 11.4 Å². The lowest BCUT2D eigenvalue weighted by molar-refractivity contribution is 0.101. The minimum Gasteiger partial charge on any atom is -0.494 e. The summed E-state index contributed by atoms with van der Waals surface area (Å²) < 4.78 is 33.9. The largest absolute Gasteiger partial charge is 0.494 e. The van der Waals surface area contributed by atoms with Gasteiger partial charge in [0.25, 0.3) is 5.91 Å². The van der Waals surface area contributed by atoms with Crippen molar-refractivity contribution in [3.05, 3.63) is 59.9 Å². The van der Waals surface area contributed by atoms with Crippen LogP contribution < -0.4 is 10.1 Å². The van der Waals surface area contributed by atoms with Crippen LogP contribution in [0, 0.1) is 11.6 Å². The second-order valence-electron chi connectivity index (χ2n) is 4.69. The molecule has 0 unspecified atom stereocenters. The summed E-state index contributed by atoms with van der Waals surface area (Å²) in [4.78, 5) is 12.2. The molecule has 0 aliphatic rings. The molecule has 122 valence electrons. The summed E-state index contributed by atoms with van der Waals surface area (Å²) in [7, 11) is 1.40. The first-order valence-corrected chi connectivity index (χ1v) is 6.77. The molecule has 7 nitrogen and oxygen atoms in total. The van der Waals surface area contributed by atoms with Gasteiger partial charge in [0.2, 0.25) is 0 Å². The molecule has 3 rings (SSSR count). The molecule has 0 radical (unpaired) electrons. The van der Waals surface area contributed by atoms with Crippen LogP contribution in [0.25, 0.3) is 5.69 Å². The van der Waals surface area contributed by atoms with Crippen molar-refractivity contribution in [1.82, 2.24) is 20.2 Å². The molecule has 0 spiro atoms. The van der Waals surface area contributed by atoms with Crippen molar-refractivity contribution in [2.45, 2.75) is 0 Å². The highest BCUT2D eigenvalue weighted by Crippen LogP contribution is 2.28. The van der Waals surface area contributed by atoms with E-state index in [2.05, 4.69) is 20.8 Å². The third-order valence-electron chi connectivity index (χ3n) is 3.24. The Balaban J connectivity index is 1.91. The maximum Gasteiger partial charge on any atom is 0.261 e. The lowest BCUT2D eigenvalue weighted by Gasteiger charge is -2.12. The number of amides is 1. The van der Waals surface area contributed by atoms with Crippen molar-refractivity contribution in [2.75, 3.05) is 12.4 Å². The van der Waals surface area contributed by atoms with E-state index in [9.17, 15) is 13.6 Å². The predicted molar refractivity (Wildman–Crippen MR) is 80.0 cm³/mol. The number of ether oxygens (including phenoxy) is 1. The van der Waals surface area contributed by atoms with Gasteiger partial charge >= 0.3 is 0 Å². The Labute approximate surface area is 134 Å². The highest BCUT2D eigenvalue weighted by Gasteiger charge is 2.18. The fraction of sp³-hybridized carbons (Fsp3) is 0.0667. The van der Waals surface area contributed by atoms with Crippen molar-refractivity contribution in [3.8, 4) is 11.4 Å². The van der Waals surface area contributed by atoms with Gasteiger partial charge in [0.05, 0.1) is 18.5 Å². The first kappa shape index (κ1) is 15.5. The van der Waals surface area contributed by atoms with E-state index in [1.54, 1.807) is 12.1 Å². The topological polar surface area (TPSA) is 81.9 Å². The smallest absolute Gasteiger partial charge is 0.261 e. The van der Waals surface area contributed by atoms with Gasteiger partial charge in [-0.05, 0) is 34.7 Å². The number of nitrogens with one attached hydrogen (secondary N) is 1. The number of carbonyl (C=O) groups excluding carboxylic acids is 1. The number of nitrogens with zero attached hydrogens (tertiary/aromatic N) is 4. The van der Waals surface area contributed by atoms with Gasteiger partial charge in [0, 0.05) is 6.07 Å². The van der Waals surface area contributed by atoms with Crippen LogP contribution in [-0.4, -0.2) is 33.2 Å². The molecule has 1 heterocycles. The van der Waals surface area contributed by atoms with Crippen molar-refractivity contribution in [2.24, 2.45) is 0 Å². The Morgan fingerprint density at radius 2 is 1.96 bits per heavy atom. The highest BCUT2D eigenvalue weighted by molar-refractivity contribution is 6.05.